The number of aliphatic hydroxyl groups is 3. The topological polar surface area (TPSA) is 186 Å². The third kappa shape index (κ3) is 31.7. The van der Waals surface area contributed by atoms with Crippen molar-refractivity contribution in [1.29, 1.82) is 0 Å². The van der Waals surface area contributed by atoms with Crippen LogP contribution in [0, 0.1) is 0 Å². The number of carbonyl (C=O) groups is 2. The molecule has 0 saturated carbocycles. The van der Waals surface area contributed by atoms with Crippen molar-refractivity contribution in [3.8, 4) is 0 Å². The van der Waals surface area contributed by atoms with Crippen LogP contribution in [0.25, 0.3) is 0 Å². The number of ether oxygens (including phenoxy) is 4. The van der Waals surface area contributed by atoms with E-state index in [1.165, 1.54) is 83.5 Å². The summed E-state index contributed by atoms with van der Waals surface area (Å²) >= 11 is 0. The molecule has 1 aliphatic rings. The largest absolute Gasteiger partial charge is 0.462 e. The molecule has 0 bridgehead atoms. The van der Waals surface area contributed by atoms with Gasteiger partial charge >= 0.3 is 11.9 Å². The predicted molar refractivity (Wildman–Crippen MR) is 238 cm³/mol. The van der Waals surface area contributed by atoms with Crippen molar-refractivity contribution >= 4 is 22.1 Å². The summed E-state index contributed by atoms with van der Waals surface area (Å²) in [7, 11) is -4.60. The van der Waals surface area contributed by atoms with Crippen LogP contribution in [0.4, 0.5) is 0 Å². The van der Waals surface area contributed by atoms with Crippen molar-refractivity contribution in [3.05, 3.63) is 36.5 Å². The van der Waals surface area contributed by atoms with Gasteiger partial charge in [0.1, 0.15) is 36.8 Å². The molecule has 2 unspecified atom stereocenters. The third-order valence-electron chi connectivity index (χ3n) is 10.7. The minimum Gasteiger partial charge on any atom is -0.462 e. The summed E-state index contributed by atoms with van der Waals surface area (Å²) in [4.78, 5) is 25.4. The maximum Gasteiger partial charge on any atom is 0.306 e. The Labute approximate surface area is 363 Å². The molecule has 4 N–H and O–H groups in total. The minimum atomic E-state index is -4.60. The van der Waals surface area contributed by atoms with Gasteiger partial charge in [-0.05, 0) is 70.6 Å². The molecule has 1 heterocycles. The number of carbonyl (C=O) groups excluding carboxylic acids is 2. The molecular formula is C47H84O12S. The fraction of sp³-hybridized carbons (Fsp3) is 0.830. The average Bonchev–Trinajstić information content (AvgIpc) is 3.21. The lowest BCUT2D eigenvalue weighted by atomic mass is 10.00. The van der Waals surface area contributed by atoms with E-state index in [0.29, 0.717) is 12.8 Å². The van der Waals surface area contributed by atoms with Crippen molar-refractivity contribution in [2.75, 3.05) is 19.0 Å². The van der Waals surface area contributed by atoms with Crippen LogP contribution in [-0.2, 0) is 38.7 Å². The van der Waals surface area contributed by atoms with Gasteiger partial charge in [0.15, 0.2) is 12.4 Å². The molecule has 0 radical (unpaired) electrons. The third-order valence-corrected chi connectivity index (χ3v) is 11.4. The van der Waals surface area contributed by atoms with Crippen molar-refractivity contribution in [2.45, 2.75) is 230 Å². The van der Waals surface area contributed by atoms with Gasteiger partial charge in [-0.2, -0.15) is 8.42 Å². The molecule has 350 valence electrons. The fourth-order valence-corrected chi connectivity index (χ4v) is 7.69. The van der Waals surface area contributed by atoms with Crippen molar-refractivity contribution in [2.24, 2.45) is 0 Å². The van der Waals surface area contributed by atoms with E-state index in [1.807, 2.05) is 0 Å². The van der Waals surface area contributed by atoms with Gasteiger partial charge in [0.25, 0.3) is 10.1 Å². The number of hydrogen-bond acceptors (Lipinski definition) is 11. The Hall–Kier alpha value is -2.13. The number of allylic oxidation sites excluding steroid dienone is 6. The van der Waals surface area contributed by atoms with E-state index in [9.17, 15) is 37.9 Å². The van der Waals surface area contributed by atoms with Crippen LogP contribution in [0.5, 0.6) is 0 Å². The Kier molecular flexibility index (Phi) is 34.9. The second-order valence-electron chi connectivity index (χ2n) is 16.4. The Morgan fingerprint density at radius 3 is 1.52 bits per heavy atom. The summed E-state index contributed by atoms with van der Waals surface area (Å²) in [6.45, 7) is 3.72. The molecule has 0 aromatic heterocycles. The molecule has 1 saturated heterocycles. The van der Waals surface area contributed by atoms with Gasteiger partial charge in [0.05, 0.1) is 6.61 Å². The van der Waals surface area contributed by atoms with Crippen molar-refractivity contribution in [1.82, 2.24) is 0 Å². The molecular weight excluding hydrogens is 789 g/mol. The highest BCUT2D eigenvalue weighted by Gasteiger charge is 2.46. The zero-order valence-corrected chi connectivity index (χ0v) is 38.1. The maximum atomic E-state index is 12.8. The maximum absolute atomic E-state index is 12.8. The first-order valence-corrected chi connectivity index (χ1v) is 25.2. The Morgan fingerprint density at radius 1 is 0.567 bits per heavy atom. The van der Waals surface area contributed by atoms with E-state index >= 15 is 0 Å². The fourth-order valence-electron chi connectivity index (χ4n) is 7.00. The van der Waals surface area contributed by atoms with Gasteiger partial charge in [0, 0.05) is 12.8 Å². The van der Waals surface area contributed by atoms with E-state index < -0.39 is 71.2 Å². The van der Waals surface area contributed by atoms with Crippen LogP contribution in [0.3, 0.4) is 0 Å². The normalized spacial score (nSPS) is 20.4. The minimum absolute atomic E-state index is 0.148. The highest BCUT2D eigenvalue weighted by molar-refractivity contribution is 7.85. The number of esters is 2. The molecule has 0 aliphatic carbocycles. The second kappa shape index (κ2) is 37.4. The van der Waals surface area contributed by atoms with Crippen LogP contribution in [0.1, 0.15) is 194 Å². The van der Waals surface area contributed by atoms with Crippen LogP contribution in [0.15, 0.2) is 36.5 Å². The molecule has 1 fully saturated rings. The van der Waals surface area contributed by atoms with Gasteiger partial charge in [-0.25, -0.2) is 0 Å². The quantitative estimate of drug-likeness (QED) is 0.0199. The Bertz CT molecular complexity index is 1250. The van der Waals surface area contributed by atoms with Crippen LogP contribution in [-0.4, -0.2) is 96.0 Å². The van der Waals surface area contributed by atoms with Crippen molar-refractivity contribution < 1.29 is 56.8 Å². The molecule has 0 spiro atoms. The first kappa shape index (κ1) is 55.9. The lowest BCUT2D eigenvalue weighted by Crippen LogP contribution is -2.60. The Balaban J connectivity index is 2.44. The van der Waals surface area contributed by atoms with Gasteiger partial charge in [-0.1, -0.05) is 147 Å². The number of aliphatic hydroxyl groups excluding tert-OH is 3. The second-order valence-corrected chi connectivity index (χ2v) is 17.9. The van der Waals surface area contributed by atoms with E-state index in [1.54, 1.807) is 0 Å². The van der Waals surface area contributed by atoms with Crippen molar-refractivity contribution in [3.63, 3.8) is 0 Å². The summed E-state index contributed by atoms with van der Waals surface area (Å²) in [6, 6.07) is 0. The zero-order valence-electron chi connectivity index (χ0n) is 37.3. The number of rotatable bonds is 39. The molecule has 0 amide bonds. The molecule has 1 aliphatic heterocycles. The molecule has 6 atom stereocenters. The summed E-state index contributed by atoms with van der Waals surface area (Å²) in [5.41, 5.74) is 0. The summed E-state index contributed by atoms with van der Waals surface area (Å²) in [5.74, 6) is -2.00. The highest BCUT2D eigenvalue weighted by atomic mass is 32.2. The van der Waals surface area contributed by atoms with E-state index in [-0.39, 0.29) is 19.4 Å². The van der Waals surface area contributed by atoms with E-state index in [4.69, 9.17) is 18.9 Å². The van der Waals surface area contributed by atoms with Gasteiger partial charge in [-0.15, -0.1) is 0 Å². The molecule has 0 aromatic carbocycles. The Morgan fingerprint density at radius 2 is 1.00 bits per heavy atom. The van der Waals surface area contributed by atoms with Gasteiger partial charge in [-0.3, -0.25) is 14.1 Å². The molecule has 12 nitrogen and oxygen atoms in total. The molecule has 1 rings (SSSR count). The number of unbranched alkanes of at least 4 members (excludes halogenated alkanes) is 21. The first-order valence-electron chi connectivity index (χ1n) is 23.5. The molecule has 0 aromatic rings. The summed E-state index contributed by atoms with van der Waals surface area (Å²) < 4.78 is 54.1. The van der Waals surface area contributed by atoms with Crippen LogP contribution in [0.2, 0.25) is 0 Å². The van der Waals surface area contributed by atoms with Crippen LogP contribution < -0.4 is 0 Å². The first-order chi connectivity index (χ1) is 29.0. The zero-order chi connectivity index (χ0) is 44.1. The lowest BCUT2D eigenvalue weighted by Gasteiger charge is -2.40. The lowest BCUT2D eigenvalue weighted by molar-refractivity contribution is -0.297. The van der Waals surface area contributed by atoms with Gasteiger partial charge < -0.3 is 34.3 Å². The summed E-state index contributed by atoms with van der Waals surface area (Å²) in [6.07, 6.45) is 33.2. The van der Waals surface area contributed by atoms with E-state index in [2.05, 4.69) is 50.3 Å². The average molecular weight is 873 g/mol. The van der Waals surface area contributed by atoms with Crippen LogP contribution >= 0.6 is 0 Å². The molecule has 60 heavy (non-hydrogen) atoms. The standard InChI is InChI=1S/C47H84O12S/c1-3-5-7-9-11-13-15-17-19-20-22-23-25-27-29-31-33-35-42(48)56-37-40(38-57-47-46(52)45(51)44(50)41(59-47)39-60(53,54)55)58-43(49)36-34-32-30-28-26-24-21-18-16-14-12-10-8-6-4-2/h12,14,17-19,21,40-41,44-47,50-52H,3-11,13,15-16,20,22-39H2,1-2H3,(H,53,54,55)/b14-12+,19-17+,21-18+/t40-,41-,44-,45?,46?,47+/m1/s1. The smallest absolute Gasteiger partial charge is 0.306 e. The highest BCUT2D eigenvalue weighted by Crippen LogP contribution is 2.24. The monoisotopic (exact) mass is 873 g/mol. The molecule has 13 heteroatoms. The van der Waals surface area contributed by atoms with E-state index in [0.717, 1.165) is 70.6 Å². The number of hydrogen-bond donors (Lipinski definition) is 4. The summed E-state index contributed by atoms with van der Waals surface area (Å²) in [5, 5.41) is 30.9. The SMILES string of the molecule is CCCCC/C=C/C/C=C/CCCCCCCC(=O)O[C@H](COC(=O)CCCCCCCCC/C=C/CCCCCCCC)CO[C@H]1O[C@H](CS(=O)(=O)O)[C@@H](O)C(O)C1O. The predicted octanol–water partition coefficient (Wildman–Crippen LogP) is 9.78. The van der Waals surface area contributed by atoms with Gasteiger partial charge in [0.2, 0.25) is 0 Å².